The zero-order chi connectivity index (χ0) is 27.9. The van der Waals surface area contributed by atoms with Crippen LogP contribution in [0.15, 0.2) is 42.5 Å². The molecule has 0 radical (unpaired) electrons. The number of benzene rings is 2. The monoisotopic (exact) mass is 545 g/mol. The molecule has 0 aliphatic carbocycles. The summed E-state index contributed by atoms with van der Waals surface area (Å²) in [5, 5.41) is 2.98. The lowest BCUT2D eigenvalue weighted by Crippen LogP contribution is -2.53. The predicted molar refractivity (Wildman–Crippen MR) is 148 cm³/mol. The number of nitrogens with one attached hydrogen (secondary N) is 1. The molecule has 1 aliphatic heterocycles. The molecule has 0 saturated carbocycles. The SMILES string of the molecule is CC[C@H](C)NC(=O)[C@H](CC)N(Cc1ccc(C)cc1)C(=O)CN(c1ccc2c(c1)OCCO2)S(=O)(=O)CC. The first kappa shape index (κ1) is 29.3. The number of fused-ring (bicyclic) bond motifs is 1. The average Bonchev–Trinajstić information content (AvgIpc) is 2.92. The van der Waals surface area contributed by atoms with Crippen LogP contribution in [-0.4, -0.2) is 62.7 Å². The smallest absolute Gasteiger partial charge is 0.244 e. The molecule has 2 atom stereocenters. The van der Waals surface area contributed by atoms with E-state index in [1.807, 2.05) is 52.0 Å². The number of amides is 2. The van der Waals surface area contributed by atoms with Gasteiger partial charge in [0.1, 0.15) is 25.8 Å². The zero-order valence-electron chi connectivity index (χ0n) is 22.9. The molecule has 2 aromatic carbocycles. The Morgan fingerprint density at radius 2 is 1.63 bits per heavy atom. The molecule has 1 aliphatic rings. The molecule has 0 saturated heterocycles. The second-order valence-corrected chi connectivity index (χ2v) is 11.7. The summed E-state index contributed by atoms with van der Waals surface area (Å²) < 4.78 is 38.7. The maximum Gasteiger partial charge on any atom is 0.244 e. The summed E-state index contributed by atoms with van der Waals surface area (Å²) in [5.74, 6) is 0.0239. The van der Waals surface area contributed by atoms with E-state index < -0.39 is 28.5 Å². The molecule has 0 bridgehead atoms. The lowest BCUT2D eigenvalue weighted by atomic mass is 10.1. The summed E-state index contributed by atoms with van der Waals surface area (Å²) in [7, 11) is -3.83. The van der Waals surface area contributed by atoms with E-state index >= 15 is 0 Å². The van der Waals surface area contributed by atoms with Crippen molar-refractivity contribution in [3.63, 3.8) is 0 Å². The minimum atomic E-state index is -3.83. The quantitative estimate of drug-likeness (QED) is 0.437. The molecule has 0 spiro atoms. The van der Waals surface area contributed by atoms with E-state index in [4.69, 9.17) is 9.47 Å². The second kappa shape index (κ2) is 13.0. The van der Waals surface area contributed by atoms with E-state index in [0.717, 1.165) is 21.9 Å². The van der Waals surface area contributed by atoms with Crippen molar-refractivity contribution in [2.24, 2.45) is 0 Å². The van der Waals surface area contributed by atoms with Crippen LogP contribution in [0.1, 0.15) is 51.7 Å². The summed E-state index contributed by atoms with van der Waals surface area (Å²) in [6.07, 6.45) is 1.13. The first-order valence-corrected chi connectivity index (χ1v) is 14.8. The number of rotatable bonds is 12. The number of sulfonamides is 1. The van der Waals surface area contributed by atoms with Gasteiger partial charge < -0.3 is 19.7 Å². The Bertz CT molecular complexity index is 1220. The lowest BCUT2D eigenvalue weighted by Gasteiger charge is -2.34. The van der Waals surface area contributed by atoms with Gasteiger partial charge in [-0.25, -0.2) is 8.42 Å². The van der Waals surface area contributed by atoms with E-state index in [1.165, 1.54) is 11.8 Å². The number of carbonyl (C=O) groups is 2. The molecular weight excluding hydrogens is 506 g/mol. The Morgan fingerprint density at radius 3 is 2.24 bits per heavy atom. The van der Waals surface area contributed by atoms with Crippen LogP contribution in [0, 0.1) is 6.92 Å². The molecule has 208 valence electrons. The fourth-order valence-electron chi connectivity index (χ4n) is 4.16. The van der Waals surface area contributed by atoms with E-state index in [0.29, 0.717) is 36.8 Å². The number of ether oxygens (including phenoxy) is 2. The highest BCUT2D eigenvalue weighted by Gasteiger charge is 2.33. The van der Waals surface area contributed by atoms with E-state index in [-0.39, 0.29) is 24.2 Å². The number of carbonyl (C=O) groups excluding carboxylic acids is 2. The van der Waals surface area contributed by atoms with Crippen molar-refractivity contribution in [3.05, 3.63) is 53.6 Å². The summed E-state index contributed by atoms with van der Waals surface area (Å²) in [4.78, 5) is 28.6. The molecule has 3 rings (SSSR count). The van der Waals surface area contributed by atoms with Crippen LogP contribution in [0.5, 0.6) is 11.5 Å². The molecule has 10 heteroatoms. The first-order valence-electron chi connectivity index (χ1n) is 13.1. The van der Waals surface area contributed by atoms with Crippen molar-refractivity contribution < 1.29 is 27.5 Å². The van der Waals surface area contributed by atoms with Crippen molar-refractivity contribution in [1.82, 2.24) is 10.2 Å². The Hall–Kier alpha value is -3.27. The van der Waals surface area contributed by atoms with Crippen LogP contribution in [0.4, 0.5) is 5.69 Å². The number of hydrogen-bond acceptors (Lipinski definition) is 6. The normalized spacial score (nSPS) is 14.3. The van der Waals surface area contributed by atoms with Crippen LogP contribution < -0.4 is 19.1 Å². The predicted octanol–water partition coefficient (Wildman–Crippen LogP) is 3.64. The molecule has 1 heterocycles. The van der Waals surface area contributed by atoms with Gasteiger partial charge in [0.25, 0.3) is 0 Å². The third-order valence-corrected chi connectivity index (χ3v) is 8.39. The molecule has 0 fully saturated rings. The topological polar surface area (TPSA) is 105 Å². The van der Waals surface area contributed by atoms with Gasteiger partial charge in [0.05, 0.1) is 11.4 Å². The molecular formula is C28H39N3O6S. The van der Waals surface area contributed by atoms with Gasteiger partial charge in [-0.3, -0.25) is 13.9 Å². The van der Waals surface area contributed by atoms with E-state index in [2.05, 4.69) is 5.32 Å². The Morgan fingerprint density at radius 1 is 0.974 bits per heavy atom. The summed E-state index contributed by atoms with van der Waals surface area (Å²) in [6.45, 7) is 9.72. The third kappa shape index (κ3) is 7.18. The van der Waals surface area contributed by atoms with Crippen LogP contribution in [0.25, 0.3) is 0 Å². The van der Waals surface area contributed by atoms with Crippen LogP contribution in [0.3, 0.4) is 0 Å². The molecule has 9 nitrogen and oxygen atoms in total. The molecule has 0 unspecified atom stereocenters. The maximum absolute atomic E-state index is 13.9. The van der Waals surface area contributed by atoms with Gasteiger partial charge in [-0.1, -0.05) is 43.7 Å². The maximum atomic E-state index is 13.9. The number of aryl methyl sites for hydroxylation is 1. The highest BCUT2D eigenvalue weighted by molar-refractivity contribution is 7.92. The van der Waals surface area contributed by atoms with Gasteiger partial charge in [0.15, 0.2) is 11.5 Å². The Balaban J connectivity index is 1.97. The van der Waals surface area contributed by atoms with Crippen molar-refractivity contribution >= 4 is 27.5 Å². The summed E-state index contributed by atoms with van der Waals surface area (Å²) in [5.41, 5.74) is 2.23. The number of nitrogens with zero attached hydrogens (tertiary/aromatic N) is 2. The van der Waals surface area contributed by atoms with Crippen molar-refractivity contribution in [2.75, 3.05) is 29.8 Å². The molecule has 0 aromatic heterocycles. The van der Waals surface area contributed by atoms with Gasteiger partial charge in [-0.2, -0.15) is 0 Å². The van der Waals surface area contributed by atoms with Crippen LogP contribution in [0.2, 0.25) is 0 Å². The number of anilines is 1. The third-order valence-electron chi connectivity index (χ3n) is 6.65. The Labute approximate surface area is 226 Å². The highest BCUT2D eigenvalue weighted by Crippen LogP contribution is 2.35. The van der Waals surface area contributed by atoms with Crippen LogP contribution >= 0.6 is 0 Å². The van der Waals surface area contributed by atoms with Crippen molar-refractivity contribution in [3.8, 4) is 11.5 Å². The van der Waals surface area contributed by atoms with Gasteiger partial charge in [-0.15, -0.1) is 0 Å². The average molecular weight is 546 g/mol. The van der Waals surface area contributed by atoms with Crippen molar-refractivity contribution in [2.45, 2.75) is 66.1 Å². The lowest BCUT2D eigenvalue weighted by molar-refractivity contribution is -0.140. The summed E-state index contributed by atoms with van der Waals surface area (Å²) >= 11 is 0. The number of hydrogen-bond donors (Lipinski definition) is 1. The van der Waals surface area contributed by atoms with Crippen LogP contribution in [-0.2, 0) is 26.2 Å². The highest BCUT2D eigenvalue weighted by atomic mass is 32.2. The van der Waals surface area contributed by atoms with E-state index in [1.54, 1.807) is 18.2 Å². The fraction of sp³-hybridized carbons (Fsp3) is 0.500. The molecule has 38 heavy (non-hydrogen) atoms. The zero-order valence-corrected chi connectivity index (χ0v) is 23.7. The molecule has 2 amide bonds. The summed E-state index contributed by atoms with van der Waals surface area (Å²) in [6, 6.07) is 11.7. The first-order chi connectivity index (χ1) is 18.1. The van der Waals surface area contributed by atoms with Gasteiger partial charge in [0.2, 0.25) is 21.8 Å². The van der Waals surface area contributed by atoms with E-state index in [9.17, 15) is 18.0 Å². The minimum absolute atomic E-state index is 0.0532. The molecule has 2 aromatic rings. The standard InChI is InChI=1S/C28H39N3O6S/c1-6-21(5)29-28(33)24(7-2)30(18-22-11-9-20(4)10-12-22)27(32)19-31(38(34,35)8-3)23-13-14-25-26(17-23)37-16-15-36-25/h9-14,17,21,24H,6-8,15-16,18-19H2,1-5H3,(H,29,33)/t21-,24-/m0/s1. The second-order valence-electron chi connectivity index (χ2n) is 9.48. The van der Waals surface area contributed by atoms with Crippen molar-refractivity contribution in [1.29, 1.82) is 0 Å². The minimum Gasteiger partial charge on any atom is -0.486 e. The largest absolute Gasteiger partial charge is 0.486 e. The van der Waals surface area contributed by atoms with Gasteiger partial charge >= 0.3 is 0 Å². The Kier molecular flexibility index (Phi) is 10.0. The van der Waals surface area contributed by atoms with Gasteiger partial charge in [-0.05, 0) is 51.3 Å². The van der Waals surface area contributed by atoms with Gasteiger partial charge in [0, 0.05) is 18.7 Å². The molecule has 1 N–H and O–H groups in total. The fourth-order valence-corrected chi connectivity index (χ4v) is 5.21.